The fourth-order valence-corrected chi connectivity index (χ4v) is 1.27. The second-order valence-corrected chi connectivity index (χ2v) is 3.36. The van der Waals surface area contributed by atoms with E-state index < -0.39 is 6.09 Å². The Morgan fingerprint density at radius 1 is 1.33 bits per heavy atom. The van der Waals surface area contributed by atoms with Crippen LogP contribution in [0.4, 0.5) is 10.5 Å². The van der Waals surface area contributed by atoms with Crippen molar-refractivity contribution >= 4 is 11.8 Å². The van der Waals surface area contributed by atoms with Gasteiger partial charge in [-0.15, -0.1) is 0 Å². The Labute approximate surface area is 106 Å². The lowest BCUT2D eigenvalue weighted by molar-refractivity contribution is 0.187. The van der Waals surface area contributed by atoms with Crippen LogP contribution in [0.1, 0.15) is 6.92 Å². The van der Waals surface area contributed by atoms with E-state index in [1.807, 2.05) is 19.1 Å². The molecule has 0 unspecified atom stereocenters. The highest BCUT2D eigenvalue weighted by molar-refractivity contribution is 5.85. The molecule has 0 fully saturated rings. The third-order valence-corrected chi connectivity index (χ3v) is 2.17. The minimum atomic E-state index is -0.528. The Balaban J connectivity index is 2.83. The summed E-state index contributed by atoms with van der Waals surface area (Å²) in [6.45, 7) is 2.35. The van der Waals surface area contributed by atoms with Crippen LogP contribution in [-0.2, 0) is 4.74 Å². The van der Waals surface area contributed by atoms with Gasteiger partial charge in [-0.2, -0.15) is 0 Å². The number of hydrogen-bond donors (Lipinski definition) is 1. The van der Waals surface area contributed by atoms with Crippen molar-refractivity contribution in [2.45, 2.75) is 6.92 Å². The van der Waals surface area contributed by atoms with E-state index in [0.29, 0.717) is 23.8 Å². The number of amides is 1. The molecule has 0 spiro atoms. The van der Waals surface area contributed by atoms with Gasteiger partial charge in [0.2, 0.25) is 0 Å². The molecule has 18 heavy (non-hydrogen) atoms. The van der Waals surface area contributed by atoms with Gasteiger partial charge >= 0.3 is 6.09 Å². The third kappa shape index (κ3) is 4.01. The topological polar surface area (TPSA) is 56.8 Å². The van der Waals surface area contributed by atoms with Crippen molar-refractivity contribution in [3.8, 4) is 11.5 Å². The second kappa shape index (κ2) is 7.21. The van der Waals surface area contributed by atoms with Gasteiger partial charge in [-0.1, -0.05) is 12.2 Å². The lowest BCUT2D eigenvalue weighted by Crippen LogP contribution is -2.11. The molecular formula is C13H17NO4. The first-order valence-electron chi connectivity index (χ1n) is 5.48. The molecule has 0 saturated carbocycles. The highest BCUT2D eigenvalue weighted by atomic mass is 16.5. The summed E-state index contributed by atoms with van der Waals surface area (Å²) in [7, 11) is 2.87. The first-order valence-corrected chi connectivity index (χ1v) is 5.48. The van der Waals surface area contributed by atoms with Crippen LogP contribution in [0.25, 0.3) is 0 Å². The van der Waals surface area contributed by atoms with E-state index in [1.165, 1.54) is 7.11 Å². The first kappa shape index (κ1) is 13.9. The molecule has 0 aliphatic heterocycles. The number of hydrogen-bond acceptors (Lipinski definition) is 4. The maximum atomic E-state index is 11.1. The van der Waals surface area contributed by atoms with Gasteiger partial charge < -0.3 is 14.2 Å². The van der Waals surface area contributed by atoms with Crippen LogP contribution in [0.15, 0.2) is 30.4 Å². The third-order valence-electron chi connectivity index (χ3n) is 2.17. The van der Waals surface area contributed by atoms with Crippen LogP contribution < -0.4 is 14.8 Å². The Hall–Kier alpha value is -2.17. The summed E-state index contributed by atoms with van der Waals surface area (Å²) >= 11 is 0. The van der Waals surface area contributed by atoms with Crippen molar-refractivity contribution in [2.24, 2.45) is 0 Å². The van der Waals surface area contributed by atoms with Crippen LogP contribution in [-0.4, -0.2) is 26.9 Å². The number of benzene rings is 1. The maximum absolute atomic E-state index is 11.1. The zero-order valence-corrected chi connectivity index (χ0v) is 10.7. The van der Waals surface area contributed by atoms with Gasteiger partial charge in [0.1, 0.15) is 6.61 Å². The first-order chi connectivity index (χ1) is 8.71. The normalized spacial score (nSPS) is 10.2. The fraction of sp³-hybridized carbons (Fsp3) is 0.308. The Morgan fingerprint density at radius 3 is 2.72 bits per heavy atom. The van der Waals surface area contributed by atoms with Crippen LogP contribution in [0.3, 0.4) is 0 Å². The lowest BCUT2D eigenvalue weighted by Gasteiger charge is -2.11. The average Bonchev–Trinajstić information content (AvgIpc) is 2.39. The largest absolute Gasteiger partial charge is 0.493 e. The molecule has 0 aromatic heterocycles. The van der Waals surface area contributed by atoms with Crippen molar-refractivity contribution in [1.82, 2.24) is 0 Å². The van der Waals surface area contributed by atoms with Gasteiger partial charge in [0.15, 0.2) is 11.5 Å². The van der Waals surface area contributed by atoms with Crippen molar-refractivity contribution < 1.29 is 19.0 Å². The van der Waals surface area contributed by atoms with Crippen molar-refractivity contribution in [1.29, 1.82) is 0 Å². The minimum absolute atomic E-state index is 0.439. The number of rotatable bonds is 5. The van der Waals surface area contributed by atoms with Gasteiger partial charge in [-0.3, -0.25) is 5.32 Å². The van der Waals surface area contributed by atoms with Gasteiger partial charge in [-0.25, -0.2) is 4.79 Å². The van der Waals surface area contributed by atoms with Crippen LogP contribution in [0, 0.1) is 0 Å². The SMILES string of the molecule is CC=CCOc1cc(NC(=O)OC)ccc1OC. The van der Waals surface area contributed by atoms with E-state index in [4.69, 9.17) is 9.47 Å². The number of carbonyl (C=O) groups is 1. The van der Waals surface area contributed by atoms with E-state index in [1.54, 1.807) is 25.3 Å². The van der Waals surface area contributed by atoms with Crippen LogP contribution in [0.2, 0.25) is 0 Å². The maximum Gasteiger partial charge on any atom is 0.411 e. The predicted molar refractivity (Wildman–Crippen MR) is 69.3 cm³/mol. The van der Waals surface area contributed by atoms with Gasteiger partial charge in [-0.05, 0) is 19.1 Å². The highest BCUT2D eigenvalue weighted by Gasteiger charge is 2.07. The molecule has 98 valence electrons. The quantitative estimate of drug-likeness (QED) is 0.817. The van der Waals surface area contributed by atoms with E-state index >= 15 is 0 Å². The zero-order chi connectivity index (χ0) is 13.4. The molecule has 0 heterocycles. The molecule has 1 aromatic carbocycles. The molecule has 0 saturated heterocycles. The number of allylic oxidation sites excluding steroid dienone is 1. The van der Waals surface area contributed by atoms with Crippen molar-refractivity contribution in [3.05, 3.63) is 30.4 Å². The molecule has 0 aliphatic rings. The lowest BCUT2D eigenvalue weighted by atomic mass is 10.3. The van der Waals surface area contributed by atoms with E-state index in [0.717, 1.165) is 0 Å². The monoisotopic (exact) mass is 251 g/mol. The number of ether oxygens (including phenoxy) is 3. The minimum Gasteiger partial charge on any atom is -0.493 e. The van der Waals surface area contributed by atoms with E-state index in [9.17, 15) is 4.79 Å². The summed E-state index contributed by atoms with van der Waals surface area (Å²) in [4.78, 5) is 11.1. The molecule has 1 N–H and O–H groups in total. The molecule has 0 aliphatic carbocycles. The molecule has 5 nitrogen and oxygen atoms in total. The molecule has 0 atom stereocenters. The standard InChI is InChI=1S/C13H17NO4/c1-4-5-8-18-12-9-10(14-13(15)17-3)6-7-11(12)16-2/h4-7,9H,8H2,1-3H3,(H,14,15). The van der Waals surface area contributed by atoms with Crippen molar-refractivity contribution in [3.63, 3.8) is 0 Å². The highest BCUT2D eigenvalue weighted by Crippen LogP contribution is 2.30. The smallest absolute Gasteiger partial charge is 0.411 e. The Morgan fingerprint density at radius 2 is 2.11 bits per heavy atom. The molecular weight excluding hydrogens is 234 g/mol. The van der Waals surface area contributed by atoms with E-state index in [2.05, 4.69) is 10.1 Å². The van der Waals surface area contributed by atoms with Gasteiger partial charge in [0.25, 0.3) is 0 Å². The van der Waals surface area contributed by atoms with Gasteiger partial charge in [0, 0.05) is 11.8 Å². The zero-order valence-electron chi connectivity index (χ0n) is 10.7. The number of methoxy groups -OCH3 is 2. The summed E-state index contributed by atoms with van der Waals surface area (Å²) in [5.74, 6) is 1.17. The number of anilines is 1. The van der Waals surface area contributed by atoms with Crippen molar-refractivity contribution in [2.75, 3.05) is 26.1 Å². The molecule has 1 rings (SSSR count). The predicted octanol–water partition coefficient (Wildman–Crippen LogP) is 2.83. The summed E-state index contributed by atoms with van der Waals surface area (Å²) in [5, 5.41) is 2.56. The molecule has 1 aromatic rings. The summed E-state index contributed by atoms with van der Waals surface area (Å²) in [6, 6.07) is 5.10. The Bertz CT molecular complexity index is 429. The summed E-state index contributed by atoms with van der Waals surface area (Å²) in [6.07, 6.45) is 3.24. The van der Waals surface area contributed by atoms with Crippen LogP contribution in [0.5, 0.6) is 11.5 Å². The van der Waals surface area contributed by atoms with E-state index in [-0.39, 0.29) is 0 Å². The summed E-state index contributed by atoms with van der Waals surface area (Å²) in [5.41, 5.74) is 0.582. The molecule has 5 heteroatoms. The number of nitrogens with one attached hydrogen (secondary N) is 1. The van der Waals surface area contributed by atoms with Gasteiger partial charge in [0.05, 0.1) is 14.2 Å². The second-order valence-electron chi connectivity index (χ2n) is 3.36. The molecule has 1 amide bonds. The number of carbonyl (C=O) groups excluding carboxylic acids is 1. The Kier molecular flexibility index (Phi) is 5.57. The fourth-order valence-electron chi connectivity index (χ4n) is 1.27. The molecule has 0 bridgehead atoms. The summed E-state index contributed by atoms with van der Waals surface area (Å²) < 4.78 is 15.2. The molecule has 0 radical (unpaired) electrons. The average molecular weight is 251 g/mol. The van der Waals surface area contributed by atoms with Crippen LogP contribution >= 0.6 is 0 Å².